The maximum absolute atomic E-state index is 6.04. The summed E-state index contributed by atoms with van der Waals surface area (Å²) in [6.45, 7) is 3.81. The van der Waals surface area contributed by atoms with Gasteiger partial charge in [-0.1, -0.05) is 25.3 Å². The van der Waals surface area contributed by atoms with Gasteiger partial charge in [-0.2, -0.15) is 0 Å². The zero-order chi connectivity index (χ0) is 17.0. The van der Waals surface area contributed by atoms with Crippen molar-refractivity contribution in [1.82, 2.24) is 5.32 Å². The summed E-state index contributed by atoms with van der Waals surface area (Å²) in [5, 5.41) is 3.80. The molecule has 2 atom stereocenters. The Bertz CT molecular complexity index is 540. The third-order valence-corrected chi connectivity index (χ3v) is 5.94. The molecule has 0 saturated heterocycles. The van der Waals surface area contributed by atoms with Gasteiger partial charge < -0.3 is 19.5 Å². The van der Waals surface area contributed by atoms with Gasteiger partial charge in [0.25, 0.3) is 0 Å². The van der Waals surface area contributed by atoms with Crippen LogP contribution in [0.15, 0.2) is 18.2 Å². The first-order valence-corrected chi connectivity index (χ1v) is 9.29. The van der Waals surface area contributed by atoms with E-state index in [1.165, 1.54) is 37.7 Å². The van der Waals surface area contributed by atoms with E-state index in [1.807, 2.05) is 6.07 Å². The predicted molar refractivity (Wildman–Crippen MR) is 95.7 cm³/mol. The summed E-state index contributed by atoms with van der Waals surface area (Å²) >= 11 is 0. The number of nitrogens with one attached hydrogen (secondary N) is 1. The fourth-order valence-corrected chi connectivity index (χ4v) is 4.58. The molecule has 1 spiro atoms. The first-order chi connectivity index (χ1) is 11.7. The van der Waals surface area contributed by atoms with E-state index in [0.29, 0.717) is 17.6 Å². The minimum atomic E-state index is 0.366. The molecule has 2 saturated carbocycles. The maximum Gasteiger partial charge on any atom is 0.161 e. The van der Waals surface area contributed by atoms with Crippen LogP contribution < -0.4 is 14.8 Å². The van der Waals surface area contributed by atoms with E-state index in [9.17, 15) is 0 Å². The van der Waals surface area contributed by atoms with Crippen LogP contribution in [-0.4, -0.2) is 33.0 Å². The van der Waals surface area contributed by atoms with Crippen LogP contribution in [0, 0.1) is 5.41 Å². The molecule has 0 radical (unpaired) electrons. The number of hydrogen-bond acceptors (Lipinski definition) is 4. The van der Waals surface area contributed by atoms with E-state index in [-0.39, 0.29) is 0 Å². The highest BCUT2D eigenvalue weighted by Gasteiger charge is 2.55. The van der Waals surface area contributed by atoms with E-state index < -0.39 is 0 Å². The zero-order valence-electron chi connectivity index (χ0n) is 15.3. The Morgan fingerprint density at radius 1 is 1.08 bits per heavy atom. The molecular weight excluding hydrogens is 302 g/mol. The van der Waals surface area contributed by atoms with Gasteiger partial charge >= 0.3 is 0 Å². The number of methoxy groups -OCH3 is 2. The van der Waals surface area contributed by atoms with E-state index in [2.05, 4.69) is 24.4 Å². The van der Waals surface area contributed by atoms with Gasteiger partial charge in [-0.25, -0.2) is 0 Å². The molecule has 0 aromatic heterocycles. The Kier molecular flexibility index (Phi) is 5.67. The molecule has 134 valence electrons. The lowest BCUT2D eigenvalue weighted by Gasteiger charge is -2.58. The van der Waals surface area contributed by atoms with Crippen LogP contribution in [0.5, 0.6) is 11.5 Å². The Hall–Kier alpha value is -1.26. The Morgan fingerprint density at radius 3 is 2.50 bits per heavy atom. The second-order valence-corrected chi connectivity index (χ2v) is 7.10. The highest BCUT2D eigenvalue weighted by atomic mass is 16.5. The van der Waals surface area contributed by atoms with E-state index in [0.717, 1.165) is 31.1 Å². The Labute approximate surface area is 145 Å². The topological polar surface area (TPSA) is 39.7 Å². The van der Waals surface area contributed by atoms with Crippen molar-refractivity contribution in [1.29, 1.82) is 0 Å². The molecule has 0 bridgehead atoms. The van der Waals surface area contributed by atoms with Crippen molar-refractivity contribution in [2.24, 2.45) is 5.41 Å². The minimum Gasteiger partial charge on any atom is -0.493 e. The van der Waals surface area contributed by atoms with Gasteiger partial charge in [0.2, 0.25) is 0 Å². The number of benzene rings is 1. The van der Waals surface area contributed by atoms with Gasteiger partial charge in [-0.15, -0.1) is 0 Å². The summed E-state index contributed by atoms with van der Waals surface area (Å²) in [7, 11) is 3.36. The highest BCUT2D eigenvalue weighted by molar-refractivity contribution is 5.42. The van der Waals surface area contributed by atoms with Crippen LogP contribution in [0.2, 0.25) is 0 Å². The van der Waals surface area contributed by atoms with Gasteiger partial charge in [-0.05, 0) is 43.9 Å². The van der Waals surface area contributed by atoms with Crippen LogP contribution in [0.1, 0.15) is 51.0 Å². The lowest BCUT2D eigenvalue weighted by Crippen LogP contribution is -2.64. The number of ether oxygens (including phenoxy) is 3. The number of rotatable bonds is 7. The molecule has 4 heteroatoms. The average molecular weight is 333 g/mol. The molecular formula is C20H31NO3. The van der Waals surface area contributed by atoms with Gasteiger partial charge in [-0.3, -0.25) is 0 Å². The normalized spacial score (nSPS) is 25.3. The molecule has 0 heterocycles. The summed E-state index contributed by atoms with van der Waals surface area (Å²) in [4.78, 5) is 0. The monoisotopic (exact) mass is 333 g/mol. The summed E-state index contributed by atoms with van der Waals surface area (Å²) < 4.78 is 16.8. The van der Waals surface area contributed by atoms with Crippen LogP contribution >= 0.6 is 0 Å². The van der Waals surface area contributed by atoms with Gasteiger partial charge in [0.05, 0.1) is 20.3 Å². The molecule has 1 N–H and O–H groups in total. The molecule has 2 aliphatic rings. The molecule has 1 aromatic rings. The van der Waals surface area contributed by atoms with E-state index in [1.54, 1.807) is 14.2 Å². The van der Waals surface area contributed by atoms with Crippen LogP contribution in [0.4, 0.5) is 0 Å². The van der Waals surface area contributed by atoms with E-state index >= 15 is 0 Å². The number of hydrogen-bond donors (Lipinski definition) is 1. The molecule has 0 amide bonds. The van der Waals surface area contributed by atoms with Crippen molar-refractivity contribution >= 4 is 0 Å². The fourth-order valence-electron chi connectivity index (χ4n) is 4.58. The van der Waals surface area contributed by atoms with Crippen LogP contribution in [0.25, 0.3) is 0 Å². The molecule has 3 rings (SSSR count). The third kappa shape index (κ3) is 3.27. The second kappa shape index (κ2) is 7.75. The second-order valence-electron chi connectivity index (χ2n) is 7.10. The van der Waals surface area contributed by atoms with Crippen LogP contribution in [-0.2, 0) is 11.3 Å². The van der Waals surface area contributed by atoms with Crippen molar-refractivity contribution in [2.75, 3.05) is 20.8 Å². The smallest absolute Gasteiger partial charge is 0.161 e. The maximum atomic E-state index is 6.04. The SMILES string of the molecule is CCO[C@@H]1C[C@@H](NCc2ccc(OC)c(OC)c2)C12CCCCC2. The molecule has 4 nitrogen and oxygen atoms in total. The predicted octanol–water partition coefficient (Wildman–Crippen LogP) is 3.92. The summed E-state index contributed by atoms with van der Waals surface area (Å²) in [6, 6.07) is 6.73. The standard InChI is InChI=1S/C20H31NO3/c1-4-24-19-13-18(20(19)10-6-5-7-11-20)21-14-15-8-9-16(22-2)17(12-15)23-3/h8-9,12,18-19,21H,4-7,10-11,13-14H2,1-3H3/t18-,19-/m1/s1. The highest BCUT2D eigenvalue weighted by Crippen LogP contribution is 2.53. The van der Waals surface area contributed by atoms with Crippen molar-refractivity contribution in [3.8, 4) is 11.5 Å². The van der Waals surface area contributed by atoms with Crippen LogP contribution in [0.3, 0.4) is 0 Å². The molecule has 2 fully saturated rings. The molecule has 1 aromatic carbocycles. The fraction of sp³-hybridized carbons (Fsp3) is 0.700. The van der Waals surface area contributed by atoms with Gasteiger partial charge in [0.15, 0.2) is 11.5 Å². The Morgan fingerprint density at radius 2 is 1.83 bits per heavy atom. The lowest BCUT2D eigenvalue weighted by atomic mass is 9.55. The van der Waals surface area contributed by atoms with Crippen molar-refractivity contribution in [3.05, 3.63) is 23.8 Å². The Balaban J connectivity index is 1.63. The summed E-state index contributed by atoms with van der Waals surface area (Å²) in [6.07, 6.45) is 8.27. The summed E-state index contributed by atoms with van der Waals surface area (Å²) in [5.41, 5.74) is 1.60. The average Bonchev–Trinajstić information content (AvgIpc) is 2.64. The van der Waals surface area contributed by atoms with E-state index in [4.69, 9.17) is 14.2 Å². The van der Waals surface area contributed by atoms with Crippen molar-refractivity contribution in [2.45, 2.75) is 64.1 Å². The molecule has 0 aliphatic heterocycles. The first-order valence-electron chi connectivity index (χ1n) is 9.29. The lowest BCUT2D eigenvalue weighted by molar-refractivity contribution is -0.150. The van der Waals surface area contributed by atoms with Gasteiger partial charge in [0, 0.05) is 24.6 Å². The third-order valence-electron chi connectivity index (χ3n) is 5.94. The quantitative estimate of drug-likeness (QED) is 0.821. The zero-order valence-corrected chi connectivity index (χ0v) is 15.3. The first kappa shape index (κ1) is 17.6. The van der Waals surface area contributed by atoms with Gasteiger partial charge in [0.1, 0.15) is 0 Å². The molecule has 24 heavy (non-hydrogen) atoms. The largest absolute Gasteiger partial charge is 0.493 e. The molecule has 0 unspecified atom stereocenters. The minimum absolute atomic E-state index is 0.366. The molecule has 2 aliphatic carbocycles. The van der Waals surface area contributed by atoms with Crippen molar-refractivity contribution < 1.29 is 14.2 Å². The van der Waals surface area contributed by atoms with Crippen molar-refractivity contribution in [3.63, 3.8) is 0 Å². The summed E-state index contributed by atoms with van der Waals surface area (Å²) in [5.74, 6) is 1.58.